The number of nitrogens with zero attached hydrogens (tertiary/aromatic N) is 2. The summed E-state index contributed by atoms with van der Waals surface area (Å²) in [5, 5.41) is 23.6. The highest BCUT2D eigenvalue weighted by atomic mass is 32.2. The third-order valence-corrected chi connectivity index (χ3v) is 10.1. The number of thioether (sulfide) groups is 1. The van der Waals surface area contributed by atoms with Crippen LogP contribution in [-0.2, 0) is 39.2 Å². The minimum absolute atomic E-state index is 0.0491. The van der Waals surface area contributed by atoms with Crippen LogP contribution < -0.4 is 22.2 Å². The molecule has 1 fully saturated rings. The summed E-state index contributed by atoms with van der Waals surface area (Å²) in [4.78, 5) is 41.7. The number of ether oxygens (including phenoxy) is 2. The summed E-state index contributed by atoms with van der Waals surface area (Å²) >= 11 is 0.916. The predicted molar refractivity (Wildman–Crippen MR) is 171 cm³/mol. The number of esters is 1. The Kier molecular flexibility index (Phi) is 13.1. The molecule has 0 amide bonds. The number of rotatable bonds is 16. The van der Waals surface area contributed by atoms with Gasteiger partial charge in [0.25, 0.3) is 0 Å². The Balaban J connectivity index is 1.84. The zero-order chi connectivity index (χ0) is 34.3. The number of nitrogen functional groups attached to an aromatic ring is 1. The van der Waals surface area contributed by atoms with Gasteiger partial charge in [0.05, 0.1) is 25.2 Å². The molecule has 2 aromatic rings. The first-order valence-corrected chi connectivity index (χ1v) is 17.2. The number of hydrogen-bond donors (Lipinski definition) is 5. The molecule has 0 radical (unpaired) electrons. The normalized spacial score (nSPS) is 23.6. The molecule has 1 aromatic carbocycles. The van der Waals surface area contributed by atoms with Crippen LogP contribution in [-0.4, -0.2) is 80.3 Å². The van der Waals surface area contributed by atoms with E-state index in [0.29, 0.717) is 0 Å². The van der Waals surface area contributed by atoms with E-state index in [2.05, 4.69) is 10.1 Å². The average molecular weight is 686 g/mol. The van der Waals surface area contributed by atoms with Crippen LogP contribution in [0.15, 0.2) is 47.4 Å². The van der Waals surface area contributed by atoms with Crippen LogP contribution >= 0.6 is 19.5 Å². The van der Waals surface area contributed by atoms with Gasteiger partial charge in [-0.2, -0.15) is 4.98 Å². The summed E-state index contributed by atoms with van der Waals surface area (Å²) in [6.45, 7) is 7.02. The molecule has 256 valence electrons. The SMILES string of the molecule is CC(C)[C@H](N)C(=O)O[C@@H]1[C@@H](COP(=O)(NCc2ccccc2)OCCSC(=O)C(C)(C)CO)O[C@@H](n2ccc(N)nc2=O)[C@]1(C)O. The molecule has 0 bridgehead atoms. The second kappa shape index (κ2) is 16.0. The first-order valence-electron chi connectivity index (χ1n) is 14.7. The monoisotopic (exact) mass is 685 g/mol. The van der Waals surface area contributed by atoms with Gasteiger partial charge in [-0.1, -0.05) is 55.9 Å². The minimum Gasteiger partial charge on any atom is -0.455 e. The molecule has 1 aliphatic rings. The van der Waals surface area contributed by atoms with E-state index in [1.165, 1.54) is 19.2 Å². The molecule has 1 aromatic heterocycles. The molecular formula is C29H44N5O10PS. The number of aliphatic hydroxyl groups is 2. The summed E-state index contributed by atoms with van der Waals surface area (Å²) in [6.07, 6.45) is -2.83. The number of hydrogen-bond acceptors (Lipinski definition) is 14. The minimum atomic E-state index is -4.14. The lowest BCUT2D eigenvalue weighted by Gasteiger charge is -2.31. The molecule has 17 heteroatoms. The molecule has 15 nitrogen and oxygen atoms in total. The first-order chi connectivity index (χ1) is 21.5. The smallest absolute Gasteiger partial charge is 0.405 e. The van der Waals surface area contributed by atoms with E-state index in [9.17, 15) is 29.2 Å². The number of benzene rings is 1. The van der Waals surface area contributed by atoms with Gasteiger partial charge in [-0.25, -0.2) is 14.4 Å². The van der Waals surface area contributed by atoms with Crippen LogP contribution in [0.5, 0.6) is 0 Å². The van der Waals surface area contributed by atoms with Crippen molar-refractivity contribution in [1.82, 2.24) is 14.6 Å². The fraction of sp³-hybridized carbons (Fsp3) is 0.586. The Morgan fingerprint density at radius 3 is 2.52 bits per heavy atom. The van der Waals surface area contributed by atoms with Gasteiger partial charge in [0.1, 0.15) is 23.6 Å². The van der Waals surface area contributed by atoms with Crippen LogP contribution in [0.3, 0.4) is 0 Å². The highest BCUT2D eigenvalue weighted by molar-refractivity contribution is 8.13. The summed E-state index contributed by atoms with van der Waals surface area (Å²) in [7, 11) is -4.14. The number of carbonyl (C=O) groups is 2. The number of anilines is 1. The van der Waals surface area contributed by atoms with E-state index in [1.54, 1.807) is 52.0 Å². The van der Waals surface area contributed by atoms with E-state index in [1.807, 2.05) is 6.07 Å². The van der Waals surface area contributed by atoms with Gasteiger partial charge in [-0.05, 0) is 38.3 Å². The number of aliphatic hydroxyl groups excluding tert-OH is 1. The Bertz CT molecular complexity index is 1440. The topological polar surface area (TPSA) is 228 Å². The van der Waals surface area contributed by atoms with E-state index < -0.39 is 61.5 Å². The second-order valence-corrected chi connectivity index (χ2v) is 14.9. The van der Waals surface area contributed by atoms with Crippen molar-refractivity contribution in [3.8, 4) is 0 Å². The van der Waals surface area contributed by atoms with Crippen molar-refractivity contribution in [2.24, 2.45) is 17.1 Å². The fourth-order valence-corrected chi connectivity index (χ4v) is 6.52. The van der Waals surface area contributed by atoms with E-state index in [0.717, 1.165) is 21.9 Å². The van der Waals surface area contributed by atoms with Crippen LogP contribution in [0.2, 0.25) is 0 Å². The lowest BCUT2D eigenvalue weighted by atomic mass is 9.95. The van der Waals surface area contributed by atoms with Crippen LogP contribution in [0.1, 0.15) is 46.4 Å². The fourth-order valence-electron chi connectivity index (χ4n) is 4.28. The highest BCUT2D eigenvalue weighted by Gasteiger charge is 2.57. The molecule has 0 saturated carbocycles. The second-order valence-electron chi connectivity index (χ2n) is 12.0. The first kappa shape index (κ1) is 37.8. The highest BCUT2D eigenvalue weighted by Crippen LogP contribution is 2.47. The van der Waals surface area contributed by atoms with Gasteiger partial charge < -0.3 is 31.2 Å². The lowest BCUT2D eigenvalue weighted by Crippen LogP contribution is -2.51. The zero-order valence-electron chi connectivity index (χ0n) is 26.5. The Labute approximate surface area is 271 Å². The van der Waals surface area contributed by atoms with Crippen molar-refractivity contribution in [2.75, 3.05) is 31.3 Å². The molecule has 0 spiro atoms. The zero-order valence-corrected chi connectivity index (χ0v) is 28.2. The van der Waals surface area contributed by atoms with E-state index >= 15 is 0 Å². The molecule has 3 rings (SSSR count). The van der Waals surface area contributed by atoms with Crippen molar-refractivity contribution < 1.29 is 42.9 Å². The van der Waals surface area contributed by atoms with Crippen molar-refractivity contribution in [2.45, 2.75) is 71.2 Å². The Morgan fingerprint density at radius 1 is 1.24 bits per heavy atom. The van der Waals surface area contributed by atoms with Crippen LogP contribution in [0.4, 0.5) is 5.82 Å². The van der Waals surface area contributed by atoms with Crippen molar-refractivity contribution in [3.63, 3.8) is 0 Å². The van der Waals surface area contributed by atoms with Gasteiger partial charge >= 0.3 is 19.4 Å². The molecule has 1 saturated heterocycles. The van der Waals surface area contributed by atoms with Gasteiger partial charge in [-0.3, -0.25) is 23.2 Å². The molecule has 0 aliphatic carbocycles. The number of nitrogens with two attached hydrogens (primary N) is 2. The van der Waals surface area contributed by atoms with Gasteiger partial charge in [0.2, 0.25) is 0 Å². The van der Waals surface area contributed by atoms with Gasteiger partial charge in [0, 0.05) is 18.5 Å². The van der Waals surface area contributed by atoms with E-state index in [-0.39, 0.29) is 42.4 Å². The Hall–Kier alpha value is -2.66. The third-order valence-electron chi connectivity index (χ3n) is 7.31. The number of carbonyl (C=O) groups excluding carboxylic acids is 2. The molecule has 7 N–H and O–H groups in total. The van der Waals surface area contributed by atoms with Crippen LogP contribution in [0, 0.1) is 11.3 Å². The van der Waals surface area contributed by atoms with Crippen molar-refractivity contribution in [1.29, 1.82) is 0 Å². The largest absolute Gasteiger partial charge is 0.455 e. The van der Waals surface area contributed by atoms with Crippen LogP contribution in [0.25, 0.3) is 0 Å². The molecule has 46 heavy (non-hydrogen) atoms. The predicted octanol–water partition coefficient (Wildman–Crippen LogP) is 1.58. The lowest BCUT2D eigenvalue weighted by molar-refractivity contribution is -0.166. The van der Waals surface area contributed by atoms with E-state index in [4.69, 9.17) is 30.0 Å². The maximum absolute atomic E-state index is 14.0. The third kappa shape index (κ3) is 9.69. The number of nitrogens with one attached hydrogen (secondary N) is 1. The quantitative estimate of drug-likeness (QED) is 0.0960. The molecule has 1 aliphatic heterocycles. The molecule has 6 atom stereocenters. The Morgan fingerprint density at radius 2 is 1.91 bits per heavy atom. The summed E-state index contributed by atoms with van der Waals surface area (Å²) in [5.41, 5.74) is 8.59. The number of aromatic nitrogens is 2. The van der Waals surface area contributed by atoms with Crippen molar-refractivity contribution >= 4 is 36.4 Å². The maximum Gasteiger partial charge on any atom is 0.405 e. The molecule has 2 heterocycles. The summed E-state index contributed by atoms with van der Waals surface area (Å²) < 4.78 is 38.0. The summed E-state index contributed by atoms with van der Waals surface area (Å²) in [5.74, 6) is -1.06. The van der Waals surface area contributed by atoms with Gasteiger partial charge in [-0.15, -0.1) is 0 Å². The van der Waals surface area contributed by atoms with Gasteiger partial charge in [0.15, 0.2) is 17.4 Å². The summed E-state index contributed by atoms with van der Waals surface area (Å²) in [6, 6.07) is 9.34. The van der Waals surface area contributed by atoms with Crippen molar-refractivity contribution in [3.05, 3.63) is 58.6 Å². The standard InChI is InChI=1S/C29H44N5O10PS/c1-18(2)22(31)24(36)44-23-20(43-25(29(23,5)39)34-12-11-21(30)33-27(34)38)16-42-45(40,32-15-19-9-7-6-8-10-19)41-13-14-46-26(37)28(3,4)17-35/h6-12,18,20,22-23,25,35,39H,13-17,31H2,1-5H3,(H,32,40)(H2,30,33,38)/t20-,22+,23-,25-,29-,45?/m1/s1. The molecular weight excluding hydrogens is 641 g/mol. The molecule has 1 unspecified atom stereocenters. The average Bonchev–Trinajstić information content (AvgIpc) is 3.25. The maximum atomic E-state index is 14.0.